The summed E-state index contributed by atoms with van der Waals surface area (Å²) in [6, 6.07) is 0.814. The van der Waals surface area contributed by atoms with Crippen molar-refractivity contribution in [2.75, 3.05) is 12.3 Å². The zero-order chi connectivity index (χ0) is 11.1. The minimum atomic E-state index is 0.814. The predicted molar refractivity (Wildman–Crippen MR) is 71.6 cm³/mol. The van der Waals surface area contributed by atoms with Crippen LogP contribution in [0.4, 0.5) is 0 Å². The highest BCUT2D eigenvalue weighted by atomic mass is 32.2. The maximum atomic E-state index is 3.76. The molecule has 15 heavy (non-hydrogen) atoms. The van der Waals surface area contributed by atoms with Crippen LogP contribution in [-0.2, 0) is 0 Å². The van der Waals surface area contributed by atoms with Gasteiger partial charge in [0.05, 0.1) is 0 Å². The normalized spacial score (nSPS) is 26.4. The third kappa shape index (κ3) is 4.78. The lowest BCUT2D eigenvalue weighted by atomic mass is 10.0. The summed E-state index contributed by atoms with van der Waals surface area (Å²) >= 11 is 2.15. The molecule has 0 heterocycles. The van der Waals surface area contributed by atoms with Crippen LogP contribution < -0.4 is 5.32 Å². The molecular weight excluding hydrogens is 202 g/mol. The Kier molecular flexibility index (Phi) is 6.74. The van der Waals surface area contributed by atoms with Crippen molar-refractivity contribution >= 4 is 11.8 Å². The molecule has 0 saturated heterocycles. The Morgan fingerprint density at radius 1 is 1.20 bits per heavy atom. The van der Waals surface area contributed by atoms with Crippen molar-refractivity contribution in [3.63, 3.8) is 0 Å². The molecule has 1 nitrogen and oxygen atoms in total. The van der Waals surface area contributed by atoms with Crippen LogP contribution in [0.5, 0.6) is 0 Å². The fourth-order valence-corrected chi connectivity index (χ4v) is 3.57. The van der Waals surface area contributed by atoms with Crippen molar-refractivity contribution < 1.29 is 0 Å². The quantitative estimate of drug-likeness (QED) is 0.714. The maximum absolute atomic E-state index is 3.76. The van der Waals surface area contributed by atoms with E-state index in [1.165, 1.54) is 44.4 Å². The Hall–Kier alpha value is 0.310. The van der Waals surface area contributed by atoms with Gasteiger partial charge in [-0.15, -0.1) is 0 Å². The van der Waals surface area contributed by atoms with Gasteiger partial charge in [-0.1, -0.05) is 33.6 Å². The molecule has 2 unspecified atom stereocenters. The molecule has 0 bridgehead atoms. The molecule has 0 aromatic carbocycles. The van der Waals surface area contributed by atoms with Gasteiger partial charge in [-0.2, -0.15) is 11.8 Å². The summed E-state index contributed by atoms with van der Waals surface area (Å²) in [5.41, 5.74) is 0. The highest BCUT2D eigenvalue weighted by molar-refractivity contribution is 7.99. The Labute approximate surface area is 99.8 Å². The number of hydrogen-bond acceptors (Lipinski definition) is 2. The summed E-state index contributed by atoms with van der Waals surface area (Å²) in [5, 5.41) is 4.70. The van der Waals surface area contributed by atoms with Crippen LogP contribution >= 0.6 is 11.8 Å². The minimum absolute atomic E-state index is 0.814. The Morgan fingerprint density at radius 3 is 2.53 bits per heavy atom. The van der Waals surface area contributed by atoms with Gasteiger partial charge in [-0.05, 0) is 37.5 Å². The van der Waals surface area contributed by atoms with E-state index in [0.717, 1.165) is 17.2 Å². The lowest BCUT2D eigenvalue weighted by molar-refractivity contribution is 0.409. The second kappa shape index (κ2) is 7.56. The topological polar surface area (TPSA) is 12.0 Å². The van der Waals surface area contributed by atoms with Crippen LogP contribution in [0.25, 0.3) is 0 Å². The molecule has 0 aromatic heterocycles. The average molecular weight is 229 g/mol. The summed E-state index contributed by atoms with van der Waals surface area (Å²) in [6.45, 7) is 8.12. The van der Waals surface area contributed by atoms with Crippen LogP contribution in [0, 0.1) is 5.92 Å². The first-order valence-electron chi connectivity index (χ1n) is 6.65. The van der Waals surface area contributed by atoms with Crippen molar-refractivity contribution in [2.24, 2.45) is 5.92 Å². The highest BCUT2D eigenvalue weighted by Gasteiger charge is 2.24. The maximum Gasteiger partial charge on any atom is 0.00781 e. The van der Waals surface area contributed by atoms with Crippen LogP contribution in [0.2, 0.25) is 0 Å². The van der Waals surface area contributed by atoms with Crippen molar-refractivity contribution in [3.8, 4) is 0 Å². The Morgan fingerprint density at radius 2 is 1.93 bits per heavy atom. The Balaban J connectivity index is 2.13. The zero-order valence-corrected chi connectivity index (χ0v) is 11.4. The van der Waals surface area contributed by atoms with Gasteiger partial charge in [0.1, 0.15) is 0 Å². The van der Waals surface area contributed by atoms with Crippen LogP contribution in [0.3, 0.4) is 0 Å². The molecular formula is C13H27NS. The standard InChI is InChI=1S/C13H27NS/c1-4-11(5-2)10-14-12-7-8-13(9-12)15-6-3/h11-14H,4-10H2,1-3H3. The molecule has 1 N–H and O–H groups in total. The average Bonchev–Trinajstić information content (AvgIpc) is 2.68. The Bertz CT molecular complexity index is 157. The van der Waals surface area contributed by atoms with Crippen molar-refractivity contribution in [1.82, 2.24) is 5.32 Å². The number of hydrogen-bond donors (Lipinski definition) is 1. The molecule has 1 rings (SSSR count). The molecule has 1 aliphatic carbocycles. The van der Waals surface area contributed by atoms with E-state index in [1.807, 2.05) is 0 Å². The second-order valence-electron chi connectivity index (χ2n) is 4.68. The fourth-order valence-electron chi connectivity index (χ4n) is 2.42. The monoisotopic (exact) mass is 229 g/mol. The van der Waals surface area contributed by atoms with E-state index in [1.54, 1.807) is 0 Å². The molecule has 0 spiro atoms. The van der Waals surface area contributed by atoms with Gasteiger partial charge in [0.15, 0.2) is 0 Å². The first kappa shape index (κ1) is 13.4. The van der Waals surface area contributed by atoms with E-state index >= 15 is 0 Å². The second-order valence-corrected chi connectivity index (χ2v) is 6.26. The van der Waals surface area contributed by atoms with Crippen LogP contribution in [-0.4, -0.2) is 23.6 Å². The molecule has 1 saturated carbocycles. The largest absolute Gasteiger partial charge is 0.314 e. The highest BCUT2D eigenvalue weighted by Crippen LogP contribution is 2.29. The molecule has 2 atom stereocenters. The minimum Gasteiger partial charge on any atom is -0.314 e. The number of thioether (sulfide) groups is 1. The summed E-state index contributed by atoms with van der Waals surface area (Å²) in [7, 11) is 0. The smallest absolute Gasteiger partial charge is 0.00781 e. The van der Waals surface area contributed by atoms with E-state index in [2.05, 4.69) is 37.8 Å². The van der Waals surface area contributed by atoms with E-state index in [0.29, 0.717) is 0 Å². The lowest BCUT2D eigenvalue weighted by Crippen LogP contribution is -2.31. The number of nitrogens with one attached hydrogen (secondary N) is 1. The first-order valence-corrected chi connectivity index (χ1v) is 7.69. The van der Waals surface area contributed by atoms with Crippen molar-refractivity contribution in [3.05, 3.63) is 0 Å². The van der Waals surface area contributed by atoms with Gasteiger partial charge in [0.2, 0.25) is 0 Å². The van der Waals surface area contributed by atoms with E-state index < -0.39 is 0 Å². The molecule has 0 radical (unpaired) electrons. The van der Waals surface area contributed by atoms with Gasteiger partial charge in [-0.3, -0.25) is 0 Å². The number of rotatable bonds is 7. The van der Waals surface area contributed by atoms with Crippen molar-refractivity contribution in [1.29, 1.82) is 0 Å². The lowest BCUT2D eigenvalue weighted by Gasteiger charge is -2.18. The molecule has 0 aliphatic heterocycles. The molecule has 0 aromatic rings. The fraction of sp³-hybridized carbons (Fsp3) is 1.00. The van der Waals surface area contributed by atoms with E-state index in [-0.39, 0.29) is 0 Å². The third-order valence-electron chi connectivity index (χ3n) is 3.64. The summed E-state index contributed by atoms with van der Waals surface area (Å²) in [6.07, 6.45) is 6.88. The van der Waals surface area contributed by atoms with Crippen molar-refractivity contribution in [2.45, 2.75) is 64.2 Å². The van der Waals surface area contributed by atoms with Gasteiger partial charge in [0, 0.05) is 11.3 Å². The van der Waals surface area contributed by atoms with E-state index in [4.69, 9.17) is 0 Å². The van der Waals surface area contributed by atoms with Gasteiger partial charge in [-0.25, -0.2) is 0 Å². The first-order chi connectivity index (χ1) is 7.30. The summed E-state index contributed by atoms with van der Waals surface area (Å²) < 4.78 is 0. The molecule has 90 valence electrons. The SMILES string of the molecule is CCSC1CCC(NCC(CC)CC)C1. The van der Waals surface area contributed by atoms with Crippen LogP contribution in [0.15, 0.2) is 0 Å². The van der Waals surface area contributed by atoms with Gasteiger partial charge in [0.25, 0.3) is 0 Å². The molecule has 1 fully saturated rings. The van der Waals surface area contributed by atoms with Gasteiger partial charge >= 0.3 is 0 Å². The molecule has 2 heteroatoms. The third-order valence-corrected chi connectivity index (χ3v) is 4.87. The summed E-state index contributed by atoms with van der Waals surface area (Å²) in [5.74, 6) is 2.17. The molecule has 1 aliphatic rings. The van der Waals surface area contributed by atoms with Crippen LogP contribution in [0.1, 0.15) is 52.9 Å². The predicted octanol–water partition coefficient (Wildman–Crippen LogP) is 3.69. The van der Waals surface area contributed by atoms with E-state index in [9.17, 15) is 0 Å². The molecule has 0 amide bonds. The zero-order valence-electron chi connectivity index (χ0n) is 10.6. The summed E-state index contributed by atoms with van der Waals surface area (Å²) in [4.78, 5) is 0. The van der Waals surface area contributed by atoms with Gasteiger partial charge < -0.3 is 5.32 Å².